The lowest BCUT2D eigenvalue weighted by molar-refractivity contribution is -0.149. The van der Waals surface area contributed by atoms with Gasteiger partial charge in [-0.1, -0.05) is 69.4 Å². The number of phenols is 1. The number of phenolic OH excluding ortho intramolecular Hbond substituents is 1. The lowest BCUT2D eigenvalue weighted by Gasteiger charge is -2.58. The molecule has 0 spiro atoms. The van der Waals surface area contributed by atoms with Crippen LogP contribution in [0.25, 0.3) is 6.08 Å². The van der Waals surface area contributed by atoms with E-state index in [2.05, 4.69) is 33.6 Å². The maximum Gasteiger partial charge on any atom is 0.330 e. The van der Waals surface area contributed by atoms with Crippen molar-refractivity contribution in [1.82, 2.24) is 0 Å². The van der Waals surface area contributed by atoms with Gasteiger partial charge in [-0.25, -0.2) is 4.79 Å². The third kappa shape index (κ3) is 5.26. The average Bonchev–Trinajstić information content (AvgIpc) is 2.76. The number of esters is 1. The van der Waals surface area contributed by atoms with Crippen LogP contribution in [-0.2, 0) is 9.53 Å². The van der Waals surface area contributed by atoms with Gasteiger partial charge in [0.2, 0.25) is 0 Å². The van der Waals surface area contributed by atoms with Crippen LogP contribution in [0.1, 0.15) is 64.4 Å². The number of allylic oxidation sites excluding steroid dienone is 3. The van der Waals surface area contributed by atoms with Gasteiger partial charge in [0, 0.05) is 11.5 Å². The summed E-state index contributed by atoms with van der Waals surface area (Å²) < 4.78 is 5.78. The molecule has 0 bridgehead atoms. The maximum atomic E-state index is 12.4. The van der Waals surface area contributed by atoms with Crippen LogP contribution in [-0.4, -0.2) is 17.7 Å². The van der Waals surface area contributed by atoms with Crippen molar-refractivity contribution in [3.63, 3.8) is 0 Å². The molecule has 0 aromatic heterocycles. The van der Waals surface area contributed by atoms with Crippen molar-refractivity contribution >= 4 is 12.0 Å². The molecule has 2 aliphatic rings. The highest BCUT2D eigenvalue weighted by Crippen LogP contribution is 2.62. The Morgan fingerprint density at radius 2 is 1.97 bits per heavy atom. The van der Waals surface area contributed by atoms with Crippen LogP contribution in [0.4, 0.5) is 0 Å². The van der Waals surface area contributed by atoms with Gasteiger partial charge in [-0.2, -0.15) is 0 Å². The SMILES string of the molecule is C=CC(=C)CC[C@@H]1C(=C)CC[C@@H]2[C@](C)(COC(=O)C=Cc3ccc(O)cc3)CCC[C@@]12C. The Labute approximate surface area is 193 Å². The number of hydrogen-bond donors (Lipinski definition) is 1. The summed E-state index contributed by atoms with van der Waals surface area (Å²) in [6.07, 6.45) is 12.7. The summed E-state index contributed by atoms with van der Waals surface area (Å²) in [5, 5.41) is 9.39. The van der Waals surface area contributed by atoms with E-state index in [1.165, 1.54) is 18.1 Å². The monoisotopic (exact) mass is 434 g/mol. The molecule has 0 amide bonds. The third-order valence-electron chi connectivity index (χ3n) is 8.04. The van der Waals surface area contributed by atoms with Gasteiger partial charge in [0.15, 0.2) is 0 Å². The van der Waals surface area contributed by atoms with Gasteiger partial charge in [0.05, 0.1) is 6.61 Å². The van der Waals surface area contributed by atoms with Gasteiger partial charge >= 0.3 is 5.97 Å². The van der Waals surface area contributed by atoms with Crippen molar-refractivity contribution in [2.75, 3.05) is 6.61 Å². The zero-order valence-electron chi connectivity index (χ0n) is 19.7. The summed E-state index contributed by atoms with van der Waals surface area (Å²) in [4.78, 5) is 12.4. The van der Waals surface area contributed by atoms with E-state index in [0.29, 0.717) is 18.4 Å². The first-order valence-electron chi connectivity index (χ1n) is 11.8. The largest absolute Gasteiger partial charge is 0.508 e. The van der Waals surface area contributed by atoms with Crippen LogP contribution in [0, 0.1) is 22.7 Å². The molecule has 1 aromatic rings. The first-order chi connectivity index (χ1) is 15.2. The molecule has 1 aromatic carbocycles. The fourth-order valence-electron chi connectivity index (χ4n) is 6.26. The Kier molecular flexibility index (Phi) is 7.48. The molecule has 2 saturated carbocycles. The quantitative estimate of drug-likeness (QED) is 0.203. The van der Waals surface area contributed by atoms with Gasteiger partial charge < -0.3 is 9.84 Å². The van der Waals surface area contributed by atoms with Crippen LogP contribution < -0.4 is 0 Å². The summed E-state index contributed by atoms with van der Waals surface area (Å²) in [6.45, 7) is 17.6. The second kappa shape index (κ2) is 9.94. The molecular formula is C29H38O3. The van der Waals surface area contributed by atoms with E-state index in [-0.39, 0.29) is 22.5 Å². The summed E-state index contributed by atoms with van der Waals surface area (Å²) >= 11 is 0. The van der Waals surface area contributed by atoms with E-state index in [4.69, 9.17) is 4.74 Å². The normalized spacial score (nSPS) is 30.0. The number of ether oxygens (including phenoxy) is 1. The molecule has 0 radical (unpaired) electrons. The van der Waals surface area contributed by atoms with Crippen molar-refractivity contribution < 1.29 is 14.6 Å². The Morgan fingerprint density at radius 3 is 2.66 bits per heavy atom. The zero-order chi connectivity index (χ0) is 23.4. The van der Waals surface area contributed by atoms with Crippen molar-refractivity contribution in [2.45, 2.75) is 58.8 Å². The van der Waals surface area contributed by atoms with E-state index in [9.17, 15) is 9.90 Å². The first-order valence-corrected chi connectivity index (χ1v) is 11.8. The molecular weight excluding hydrogens is 396 g/mol. The van der Waals surface area contributed by atoms with Gasteiger partial charge in [0.1, 0.15) is 5.75 Å². The van der Waals surface area contributed by atoms with E-state index < -0.39 is 0 Å². The third-order valence-corrected chi connectivity index (χ3v) is 8.04. The topological polar surface area (TPSA) is 46.5 Å². The second-order valence-corrected chi connectivity index (χ2v) is 10.2. The summed E-state index contributed by atoms with van der Waals surface area (Å²) in [5.41, 5.74) is 3.47. The lowest BCUT2D eigenvalue weighted by atomic mass is 9.47. The predicted molar refractivity (Wildman–Crippen MR) is 132 cm³/mol. The van der Waals surface area contributed by atoms with Crippen LogP contribution in [0.15, 0.2) is 67.3 Å². The maximum absolute atomic E-state index is 12.4. The number of rotatable bonds is 8. The summed E-state index contributed by atoms with van der Waals surface area (Å²) in [6, 6.07) is 6.74. The molecule has 2 fully saturated rings. The lowest BCUT2D eigenvalue weighted by Crippen LogP contribution is -2.52. The number of carbonyl (C=O) groups excluding carboxylic acids is 1. The van der Waals surface area contributed by atoms with Gasteiger partial charge in [-0.3, -0.25) is 0 Å². The van der Waals surface area contributed by atoms with E-state index >= 15 is 0 Å². The van der Waals surface area contributed by atoms with E-state index in [0.717, 1.165) is 49.7 Å². The molecule has 0 saturated heterocycles. The standard InChI is InChI=1S/C29H38O3/c1-6-21(2)8-15-25-22(3)9-16-26-28(4,18-7-19-29(25,26)5)20-32-27(31)17-12-23-10-13-24(30)14-11-23/h6,10-14,17,25-26,30H,1-3,7-9,15-16,18-20H2,4-5H3/t25-,26-,28+,29+/m1/s1. The van der Waals surface area contributed by atoms with Crippen LogP contribution in [0.3, 0.4) is 0 Å². The first kappa shape index (κ1) is 24.1. The fraction of sp³-hybridized carbons (Fsp3) is 0.483. The second-order valence-electron chi connectivity index (χ2n) is 10.2. The number of fused-ring (bicyclic) bond motifs is 1. The molecule has 0 aliphatic heterocycles. The Bertz CT molecular complexity index is 893. The molecule has 172 valence electrons. The molecule has 3 nitrogen and oxygen atoms in total. The van der Waals surface area contributed by atoms with Crippen LogP contribution >= 0.6 is 0 Å². The smallest absolute Gasteiger partial charge is 0.330 e. The molecule has 0 heterocycles. The highest BCUT2D eigenvalue weighted by atomic mass is 16.5. The molecule has 32 heavy (non-hydrogen) atoms. The zero-order valence-corrected chi connectivity index (χ0v) is 19.7. The van der Waals surface area contributed by atoms with Crippen molar-refractivity contribution in [1.29, 1.82) is 0 Å². The van der Waals surface area contributed by atoms with Crippen LogP contribution in [0.5, 0.6) is 5.75 Å². The minimum Gasteiger partial charge on any atom is -0.508 e. The van der Waals surface area contributed by atoms with Gasteiger partial charge in [-0.05, 0) is 79.5 Å². The van der Waals surface area contributed by atoms with E-state index in [1.54, 1.807) is 30.3 Å². The van der Waals surface area contributed by atoms with Crippen molar-refractivity contribution in [3.05, 3.63) is 72.9 Å². The number of benzene rings is 1. The number of carbonyl (C=O) groups is 1. The van der Waals surface area contributed by atoms with Crippen molar-refractivity contribution in [2.24, 2.45) is 22.7 Å². The Morgan fingerprint density at radius 1 is 1.25 bits per heavy atom. The summed E-state index contributed by atoms with van der Waals surface area (Å²) in [7, 11) is 0. The minimum absolute atomic E-state index is 0.0244. The highest BCUT2D eigenvalue weighted by molar-refractivity contribution is 5.87. The highest BCUT2D eigenvalue weighted by Gasteiger charge is 2.54. The Hall–Kier alpha value is -2.55. The van der Waals surface area contributed by atoms with Crippen molar-refractivity contribution in [3.8, 4) is 5.75 Å². The molecule has 2 aliphatic carbocycles. The van der Waals surface area contributed by atoms with Gasteiger partial charge in [0.25, 0.3) is 0 Å². The van der Waals surface area contributed by atoms with Crippen LogP contribution in [0.2, 0.25) is 0 Å². The predicted octanol–water partition coefficient (Wildman–Crippen LogP) is 7.25. The summed E-state index contributed by atoms with van der Waals surface area (Å²) in [5.74, 6) is 0.874. The molecule has 3 rings (SSSR count). The Balaban J connectivity index is 1.68. The molecule has 0 unspecified atom stereocenters. The molecule has 4 atom stereocenters. The molecule has 1 N–H and O–H groups in total. The number of hydrogen-bond acceptors (Lipinski definition) is 3. The van der Waals surface area contributed by atoms with Gasteiger partial charge in [-0.15, -0.1) is 0 Å². The fourth-order valence-corrected chi connectivity index (χ4v) is 6.26. The number of aromatic hydroxyl groups is 1. The minimum atomic E-state index is -0.314. The average molecular weight is 435 g/mol. The molecule has 3 heteroatoms. The van der Waals surface area contributed by atoms with E-state index in [1.807, 2.05) is 6.08 Å².